The van der Waals surface area contributed by atoms with Crippen LogP contribution in [0, 0.1) is 0 Å². The number of nitrogens with one attached hydrogen (secondary N) is 2. The molecule has 1 atom stereocenters. The Kier molecular flexibility index (Phi) is 4.68. The maximum atomic E-state index is 12.4. The minimum Gasteiger partial charge on any atom is -0.354 e. The number of hydrogen-bond donors (Lipinski definition) is 2. The van der Waals surface area contributed by atoms with Gasteiger partial charge >= 0.3 is 0 Å². The number of pyridine rings is 1. The Morgan fingerprint density at radius 3 is 2.75 bits per heavy atom. The first-order valence-corrected chi connectivity index (χ1v) is 6.80. The van der Waals surface area contributed by atoms with Crippen LogP contribution >= 0.6 is 0 Å². The summed E-state index contributed by atoms with van der Waals surface area (Å²) in [6.07, 6.45) is 3.56. The van der Waals surface area contributed by atoms with Crippen molar-refractivity contribution in [1.29, 1.82) is 0 Å². The number of hydrogen-bond acceptors (Lipinski definition) is 4. The smallest absolute Gasteiger partial charge is 0.269 e. The van der Waals surface area contributed by atoms with Crippen molar-refractivity contribution in [2.75, 3.05) is 27.2 Å². The maximum absolute atomic E-state index is 12.4. The third-order valence-electron chi connectivity index (χ3n) is 3.59. The van der Waals surface area contributed by atoms with E-state index in [2.05, 4.69) is 15.6 Å². The van der Waals surface area contributed by atoms with Crippen molar-refractivity contribution in [2.24, 2.45) is 0 Å². The van der Waals surface area contributed by atoms with E-state index in [1.807, 2.05) is 11.9 Å². The van der Waals surface area contributed by atoms with Gasteiger partial charge in [0, 0.05) is 32.4 Å². The third kappa shape index (κ3) is 3.14. The zero-order valence-corrected chi connectivity index (χ0v) is 11.8. The fraction of sp³-hybridized carbons (Fsp3) is 0.500. The molecule has 1 saturated heterocycles. The Morgan fingerprint density at radius 1 is 1.35 bits per heavy atom. The molecule has 6 nitrogen and oxygen atoms in total. The largest absolute Gasteiger partial charge is 0.354 e. The summed E-state index contributed by atoms with van der Waals surface area (Å²) < 4.78 is 0. The van der Waals surface area contributed by atoms with Crippen LogP contribution in [0.2, 0.25) is 0 Å². The van der Waals surface area contributed by atoms with Crippen molar-refractivity contribution in [3.05, 3.63) is 29.6 Å². The number of likely N-dealkylation sites (N-methyl/N-ethyl adjacent to an activating group) is 1. The van der Waals surface area contributed by atoms with E-state index in [1.165, 1.54) is 6.20 Å². The lowest BCUT2D eigenvalue weighted by molar-refractivity contribution is 0.0697. The molecule has 2 rings (SSSR count). The summed E-state index contributed by atoms with van der Waals surface area (Å²) in [7, 11) is 3.47. The Hall–Kier alpha value is -1.95. The molecule has 1 aromatic heterocycles. The van der Waals surface area contributed by atoms with Gasteiger partial charge in [-0.15, -0.1) is 0 Å². The molecule has 1 fully saturated rings. The summed E-state index contributed by atoms with van der Waals surface area (Å²) in [5.74, 6) is -0.280. The Bertz CT molecular complexity index is 486. The average Bonchev–Trinajstić information content (AvgIpc) is 2.53. The van der Waals surface area contributed by atoms with E-state index >= 15 is 0 Å². The first kappa shape index (κ1) is 14.5. The Balaban J connectivity index is 2.07. The highest BCUT2D eigenvalue weighted by molar-refractivity contribution is 5.96. The van der Waals surface area contributed by atoms with E-state index in [0.717, 1.165) is 19.4 Å². The van der Waals surface area contributed by atoms with E-state index in [9.17, 15) is 9.59 Å². The van der Waals surface area contributed by atoms with Crippen molar-refractivity contribution < 1.29 is 9.59 Å². The second-order valence-corrected chi connectivity index (χ2v) is 4.89. The van der Waals surface area contributed by atoms with Gasteiger partial charge in [0.25, 0.3) is 11.8 Å². The molecule has 0 radical (unpaired) electrons. The molecule has 108 valence electrons. The van der Waals surface area contributed by atoms with Crippen molar-refractivity contribution in [2.45, 2.75) is 18.9 Å². The lowest BCUT2D eigenvalue weighted by Crippen LogP contribution is -2.47. The molecule has 0 aliphatic carbocycles. The van der Waals surface area contributed by atoms with Crippen molar-refractivity contribution in [1.82, 2.24) is 20.5 Å². The van der Waals surface area contributed by atoms with Gasteiger partial charge in [0.1, 0.15) is 5.69 Å². The fourth-order valence-electron chi connectivity index (χ4n) is 2.36. The van der Waals surface area contributed by atoms with E-state index < -0.39 is 0 Å². The first-order chi connectivity index (χ1) is 9.65. The van der Waals surface area contributed by atoms with Crippen LogP contribution in [0.25, 0.3) is 0 Å². The maximum Gasteiger partial charge on any atom is 0.269 e. The monoisotopic (exact) mass is 276 g/mol. The third-order valence-corrected chi connectivity index (χ3v) is 3.59. The highest BCUT2D eigenvalue weighted by atomic mass is 16.2. The average molecular weight is 276 g/mol. The summed E-state index contributed by atoms with van der Waals surface area (Å²) >= 11 is 0. The quantitative estimate of drug-likeness (QED) is 0.831. The van der Waals surface area contributed by atoms with Crippen molar-refractivity contribution in [3.8, 4) is 0 Å². The second kappa shape index (κ2) is 6.47. The van der Waals surface area contributed by atoms with E-state index in [1.54, 1.807) is 19.2 Å². The van der Waals surface area contributed by atoms with Crippen LogP contribution in [0.1, 0.15) is 33.7 Å². The van der Waals surface area contributed by atoms with Gasteiger partial charge in [-0.25, -0.2) is 0 Å². The SMILES string of the molecule is CNC(=O)c1ccc(C(=O)N2CCCC(NC)C2)cn1. The zero-order chi connectivity index (χ0) is 14.5. The van der Waals surface area contributed by atoms with Crippen LogP contribution < -0.4 is 10.6 Å². The van der Waals surface area contributed by atoms with E-state index in [4.69, 9.17) is 0 Å². The second-order valence-electron chi connectivity index (χ2n) is 4.89. The number of likely N-dealkylation sites (tertiary alicyclic amines) is 1. The van der Waals surface area contributed by atoms with Gasteiger partial charge in [0.2, 0.25) is 0 Å². The van der Waals surface area contributed by atoms with Crippen LogP contribution in [0.3, 0.4) is 0 Å². The van der Waals surface area contributed by atoms with Crippen LogP contribution in [-0.2, 0) is 0 Å². The van der Waals surface area contributed by atoms with Gasteiger partial charge in [0.15, 0.2) is 0 Å². The Morgan fingerprint density at radius 2 is 2.15 bits per heavy atom. The molecular weight excluding hydrogens is 256 g/mol. The fourth-order valence-corrected chi connectivity index (χ4v) is 2.36. The number of carbonyl (C=O) groups excluding carboxylic acids is 2. The molecule has 2 heterocycles. The van der Waals surface area contributed by atoms with Crippen LogP contribution in [0.5, 0.6) is 0 Å². The van der Waals surface area contributed by atoms with E-state index in [0.29, 0.717) is 23.8 Å². The predicted octanol–water partition coefficient (Wildman–Crippen LogP) is 0.265. The summed E-state index contributed by atoms with van der Waals surface area (Å²) in [6.45, 7) is 1.49. The number of carbonyl (C=O) groups is 2. The highest BCUT2D eigenvalue weighted by Crippen LogP contribution is 2.13. The van der Waals surface area contributed by atoms with Crippen molar-refractivity contribution in [3.63, 3.8) is 0 Å². The molecule has 0 saturated carbocycles. The number of amides is 2. The molecule has 1 aliphatic rings. The van der Waals surface area contributed by atoms with E-state index in [-0.39, 0.29) is 11.8 Å². The molecule has 0 bridgehead atoms. The number of aromatic nitrogens is 1. The van der Waals surface area contributed by atoms with Gasteiger partial charge in [-0.1, -0.05) is 0 Å². The van der Waals surface area contributed by atoms with Gasteiger partial charge < -0.3 is 15.5 Å². The molecule has 20 heavy (non-hydrogen) atoms. The molecule has 0 aromatic carbocycles. The van der Waals surface area contributed by atoms with Crippen molar-refractivity contribution >= 4 is 11.8 Å². The van der Waals surface area contributed by atoms with Gasteiger partial charge in [-0.2, -0.15) is 0 Å². The van der Waals surface area contributed by atoms with Crippen LogP contribution in [0.15, 0.2) is 18.3 Å². The number of nitrogens with zero attached hydrogens (tertiary/aromatic N) is 2. The predicted molar refractivity (Wildman–Crippen MR) is 75.6 cm³/mol. The van der Waals surface area contributed by atoms with Gasteiger partial charge in [0.05, 0.1) is 5.56 Å². The lowest BCUT2D eigenvalue weighted by atomic mass is 10.0. The molecule has 2 N–H and O–H groups in total. The highest BCUT2D eigenvalue weighted by Gasteiger charge is 2.23. The first-order valence-electron chi connectivity index (χ1n) is 6.80. The minimum atomic E-state index is -0.253. The zero-order valence-electron chi connectivity index (χ0n) is 11.8. The summed E-state index contributed by atoms with van der Waals surface area (Å²) in [6, 6.07) is 3.58. The molecule has 2 amide bonds. The lowest BCUT2D eigenvalue weighted by Gasteiger charge is -2.32. The Labute approximate surface area is 118 Å². The normalized spacial score (nSPS) is 18.7. The molecule has 1 aliphatic heterocycles. The van der Waals surface area contributed by atoms with Gasteiger partial charge in [-0.3, -0.25) is 14.6 Å². The number of rotatable bonds is 3. The molecule has 1 unspecified atom stereocenters. The summed E-state index contributed by atoms with van der Waals surface area (Å²) in [5.41, 5.74) is 0.838. The summed E-state index contributed by atoms with van der Waals surface area (Å²) in [4.78, 5) is 29.6. The van der Waals surface area contributed by atoms with Crippen LogP contribution in [0.4, 0.5) is 0 Å². The summed E-state index contributed by atoms with van der Waals surface area (Å²) in [5, 5.41) is 5.71. The molecule has 0 spiro atoms. The molecule has 1 aromatic rings. The van der Waals surface area contributed by atoms with Crippen LogP contribution in [-0.4, -0.2) is 54.9 Å². The minimum absolute atomic E-state index is 0.0269. The topological polar surface area (TPSA) is 74.3 Å². The standard InChI is InChI=1S/C14H20N4O2/c1-15-11-4-3-7-18(9-11)14(20)10-5-6-12(17-8-10)13(19)16-2/h5-6,8,11,15H,3-4,7,9H2,1-2H3,(H,16,19). The molecule has 6 heteroatoms. The number of piperidine rings is 1. The molecular formula is C14H20N4O2. The van der Waals surface area contributed by atoms with Gasteiger partial charge in [-0.05, 0) is 32.0 Å².